The minimum absolute atomic E-state index is 0.0556. The zero-order chi connectivity index (χ0) is 10.5. The lowest BCUT2D eigenvalue weighted by atomic mass is 10.1. The molecule has 0 saturated carbocycles. The summed E-state index contributed by atoms with van der Waals surface area (Å²) in [6.45, 7) is 0. The maximum atomic E-state index is 6.05. The largest absolute Gasteiger partial charge is 0.323 e. The lowest BCUT2D eigenvalue weighted by molar-refractivity contribution is 0.831. The van der Waals surface area contributed by atoms with Crippen LogP contribution in [-0.2, 0) is 0 Å². The normalized spacial score (nSPS) is 12.6. The van der Waals surface area contributed by atoms with Gasteiger partial charge in [-0.1, -0.05) is 42.1 Å². The monoisotopic (exact) mass is 237 g/mol. The summed E-state index contributed by atoms with van der Waals surface area (Å²) in [4.78, 5) is 4.10. The Labute approximate surface area is 96.9 Å². The second kappa shape index (κ2) is 5.25. The average molecular weight is 237 g/mol. The minimum atomic E-state index is 0.0556. The van der Waals surface area contributed by atoms with Crippen LogP contribution < -0.4 is 5.73 Å². The summed E-state index contributed by atoms with van der Waals surface area (Å²) in [5.74, 6) is 0.833. The molecule has 0 saturated heterocycles. The van der Waals surface area contributed by atoms with Crippen molar-refractivity contribution >= 4 is 23.3 Å². The number of thioether (sulfide) groups is 1. The molecular formula is C10H11N3S2. The Kier molecular flexibility index (Phi) is 3.71. The van der Waals surface area contributed by atoms with Crippen LogP contribution >= 0.6 is 23.3 Å². The first-order valence-corrected chi connectivity index (χ1v) is 6.32. The first kappa shape index (κ1) is 10.6. The number of nitrogens with zero attached hydrogens (tertiary/aromatic N) is 2. The third-order valence-electron chi connectivity index (χ3n) is 1.96. The van der Waals surface area contributed by atoms with Crippen molar-refractivity contribution in [3.8, 4) is 0 Å². The van der Waals surface area contributed by atoms with Gasteiger partial charge in [0.25, 0.3) is 0 Å². The molecule has 0 fully saturated rings. The van der Waals surface area contributed by atoms with E-state index in [1.807, 2.05) is 30.3 Å². The highest BCUT2D eigenvalue weighted by atomic mass is 32.2. The van der Waals surface area contributed by atoms with Crippen molar-refractivity contribution in [2.75, 3.05) is 5.75 Å². The maximum absolute atomic E-state index is 6.05. The predicted octanol–water partition coefficient (Wildman–Crippen LogP) is 2.33. The van der Waals surface area contributed by atoms with Crippen molar-refractivity contribution in [2.45, 2.75) is 10.4 Å². The fraction of sp³-hybridized carbons (Fsp3) is 0.200. The van der Waals surface area contributed by atoms with Crippen LogP contribution in [-0.4, -0.2) is 15.1 Å². The SMILES string of the molecule is NC(CSc1ncns1)c1ccccc1. The van der Waals surface area contributed by atoms with Gasteiger partial charge in [0, 0.05) is 11.8 Å². The number of aromatic nitrogens is 2. The zero-order valence-electron chi connectivity index (χ0n) is 8.04. The molecule has 0 aliphatic carbocycles. The zero-order valence-corrected chi connectivity index (χ0v) is 9.67. The van der Waals surface area contributed by atoms with Crippen LogP contribution in [0.4, 0.5) is 0 Å². The Balaban J connectivity index is 1.90. The number of rotatable bonds is 4. The summed E-state index contributed by atoms with van der Waals surface area (Å²) >= 11 is 3.06. The summed E-state index contributed by atoms with van der Waals surface area (Å²) in [5.41, 5.74) is 7.21. The quantitative estimate of drug-likeness (QED) is 0.829. The molecule has 15 heavy (non-hydrogen) atoms. The summed E-state index contributed by atoms with van der Waals surface area (Å²) < 4.78 is 4.92. The molecule has 1 heterocycles. The third kappa shape index (κ3) is 3.02. The molecule has 3 nitrogen and oxygen atoms in total. The van der Waals surface area contributed by atoms with E-state index in [0.717, 1.165) is 15.7 Å². The highest BCUT2D eigenvalue weighted by molar-refractivity contribution is 8.00. The molecule has 0 bridgehead atoms. The van der Waals surface area contributed by atoms with E-state index in [9.17, 15) is 0 Å². The molecule has 0 aliphatic heterocycles. The smallest absolute Gasteiger partial charge is 0.169 e. The van der Waals surface area contributed by atoms with Crippen LogP contribution in [0.25, 0.3) is 0 Å². The first-order valence-electron chi connectivity index (χ1n) is 4.56. The molecular weight excluding hydrogens is 226 g/mol. The Morgan fingerprint density at radius 1 is 1.33 bits per heavy atom. The number of nitrogens with two attached hydrogens (primary N) is 1. The number of benzene rings is 1. The van der Waals surface area contributed by atoms with E-state index in [2.05, 4.69) is 9.36 Å². The molecule has 1 atom stereocenters. The van der Waals surface area contributed by atoms with Gasteiger partial charge in [-0.2, -0.15) is 4.37 Å². The topological polar surface area (TPSA) is 51.8 Å². The Hall–Kier alpha value is -0.910. The molecule has 2 N–H and O–H groups in total. The van der Waals surface area contributed by atoms with Crippen molar-refractivity contribution in [2.24, 2.45) is 5.73 Å². The lowest BCUT2D eigenvalue weighted by Crippen LogP contribution is -2.12. The number of hydrogen-bond acceptors (Lipinski definition) is 5. The highest BCUT2D eigenvalue weighted by Crippen LogP contribution is 2.23. The van der Waals surface area contributed by atoms with E-state index in [-0.39, 0.29) is 6.04 Å². The van der Waals surface area contributed by atoms with Gasteiger partial charge in [0.2, 0.25) is 0 Å². The molecule has 2 rings (SSSR count). The van der Waals surface area contributed by atoms with Crippen molar-refractivity contribution in [1.82, 2.24) is 9.36 Å². The van der Waals surface area contributed by atoms with Crippen molar-refractivity contribution < 1.29 is 0 Å². The maximum Gasteiger partial charge on any atom is 0.169 e. The van der Waals surface area contributed by atoms with Crippen LogP contribution in [0, 0.1) is 0 Å². The Bertz CT molecular complexity index is 388. The van der Waals surface area contributed by atoms with Gasteiger partial charge >= 0.3 is 0 Å². The van der Waals surface area contributed by atoms with Crippen molar-refractivity contribution in [3.05, 3.63) is 42.2 Å². The summed E-state index contributed by atoms with van der Waals surface area (Å²) in [6, 6.07) is 10.2. The highest BCUT2D eigenvalue weighted by Gasteiger charge is 2.07. The fourth-order valence-electron chi connectivity index (χ4n) is 1.18. The molecule has 1 aromatic carbocycles. The van der Waals surface area contributed by atoms with Crippen molar-refractivity contribution in [3.63, 3.8) is 0 Å². The van der Waals surface area contributed by atoms with E-state index in [1.165, 1.54) is 11.5 Å². The van der Waals surface area contributed by atoms with Gasteiger partial charge in [0.1, 0.15) is 6.33 Å². The molecule has 0 amide bonds. The van der Waals surface area contributed by atoms with Gasteiger partial charge in [0.15, 0.2) is 4.34 Å². The fourth-order valence-corrected chi connectivity index (χ4v) is 2.64. The molecule has 1 unspecified atom stereocenters. The number of hydrogen-bond donors (Lipinski definition) is 1. The second-order valence-corrected chi connectivity index (χ2v) is 5.08. The summed E-state index contributed by atoms with van der Waals surface area (Å²) in [6.07, 6.45) is 1.57. The van der Waals surface area contributed by atoms with E-state index >= 15 is 0 Å². The van der Waals surface area contributed by atoms with Gasteiger partial charge in [-0.25, -0.2) is 4.98 Å². The standard InChI is InChI=1S/C10H11N3S2/c11-9(8-4-2-1-3-5-8)6-14-10-12-7-13-15-10/h1-5,7,9H,6,11H2. The second-order valence-electron chi connectivity index (χ2n) is 3.04. The van der Waals surface area contributed by atoms with E-state index < -0.39 is 0 Å². The molecule has 5 heteroatoms. The molecule has 0 spiro atoms. The van der Waals surface area contributed by atoms with Gasteiger partial charge in [0.05, 0.1) is 0 Å². The van der Waals surface area contributed by atoms with E-state index in [0.29, 0.717) is 0 Å². The van der Waals surface area contributed by atoms with Crippen molar-refractivity contribution in [1.29, 1.82) is 0 Å². The van der Waals surface area contributed by atoms with Crippen LogP contribution in [0.15, 0.2) is 41.0 Å². The minimum Gasteiger partial charge on any atom is -0.323 e. The molecule has 0 aliphatic rings. The van der Waals surface area contributed by atoms with Crippen LogP contribution in [0.3, 0.4) is 0 Å². The van der Waals surface area contributed by atoms with Crippen LogP contribution in [0.5, 0.6) is 0 Å². The Morgan fingerprint density at radius 2 is 2.13 bits per heavy atom. The summed E-state index contributed by atoms with van der Waals surface area (Å²) in [5, 5.41) is 0. The summed E-state index contributed by atoms with van der Waals surface area (Å²) in [7, 11) is 0. The van der Waals surface area contributed by atoms with Crippen LogP contribution in [0.1, 0.15) is 11.6 Å². The van der Waals surface area contributed by atoms with E-state index in [4.69, 9.17) is 5.73 Å². The third-order valence-corrected chi connectivity index (χ3v) is 3.87. The van der Waals surface area contributed by atoms with Gasteiger partial charge in [-0.15, -0.1) is 0 Å². The van der Waals surface area contributed by atoms with Gasteiger partial charge in [-0.05, 0) is 17.1 Å². The molecule has 2 aromatic rings. The Morgan fingerprint density at radius 3 is 2.80 bits per heavy atom. The van der Waals surface area contributed by atoms with Gasteiger partial charge in [-0.3, -0.25) is 0 Å². The van der Waals surface area contributed by atoms with E-state index in [1.54, 1.807) is 18.1 Å². The van der Waals surface area contributed by atoms with Gasteiger partial charge < -0.3 is 5.73 Å². The predicted molar refractivity (Wildman–Crippen MR) is 64.0 cm³/mol. The lowest BCUT2D eigenvalue weighted by Gasteiger charge is -2.09. The average Bonchev–Trinajstić information content (AvgIpc) is 2.80. The molecule has 0 radical (unpaired) electrons. The molecule has 78 valence electrons. The van der Waals surface area contributed by atoms with Crippen LogP contribution in [0.2, 0.25) is 0 Å². The molecule has 1 aromatic heterocycles. The first-order chi connectivity index (χ1) is 7.36.